The number of carbonyl (C=O) groups excluding carboxylic acids is 1. The molecule has 0 N–H and O–H groups in total. The van der Waals surface area contributed by atoms with Gasteiger partial charge in [-0.2, -0.15) is 0 Å². The van der Waals surface area contributed by atoms with Gasteiger partial charge in [0.25, 0.3) is 0 Å². The number of esters is 1. The Kier molecular flexibility index (Phi) is 8.91. The number of ether oxygens (including phenoxy) is 1. The third-order valence-electron chi connectivity index (χ3n) is 7.30. The highest BCUT2D eigenvalue weighted by molar-refractivity contribution is 5.99. The van der Waals surface area contributed by atoms with Crippen LogP contribution >= 0.6 is 0 Å². The van der Waals surface area contributed by atoms with Gasteiger partial charge >= 0.3 is 5.97 Å². The molecule has 0 amide bonds. The summed E-state index contributed by atoms with van der Waals surface area (Å²) in [4.78, 5) is 22.3. The molecule has 0 spiro atoms. The zero-order chi connectivity index (χ0) is 28.2. The number of piperazine rings is 1. The summed E-state index contributed by atoms with van der Waals surface area (Å²) in [5.74, 6) is 1.62. The van der Waals surface area contributed by atoms with E-state index in [2.05, 4.69) is 80.0 Å². The molecular weight excluding hydrogens is 482 g/mol. The van der Waals surface area contributed by atoms with Crippen molar-refractivity contribution >= 4 is 22.9 Å². The predicted octanol–water partition coefficient (Wildman–Crippen LogP) is 7.18. The number of rotatable bonds is 7. The molecule has 0 bridgehead atoms. The number of anilines is 1. The van der Waals surface area contributed by atoms with Crippen molar-refractivity contribution in [1.82, 2.24) is 9.88 Å². The van der Waals surface area contributed by atoms with Crippen LogP contribution in [0.3, 0.4) is 0 Å². The molecule has 0 aliphatic carbocycles. The monoisotopic (exact) mass is 525 g/mol. The topological polar surface area (TPSA) is 45.7 Å². The smallest absolute Gasteiger partial charge is 0.316 e. The quantitative estimate of drug-likeness (QED) is 0.186. The third kappa shape index (κ3) is 6.96. The molecule has 39 heavy (non-hydrogen) atoms. The minimum absolute atomic E-state index is 0.243. The average Bonchev–Trinajstić information content (AvgIpc) is 2.92. The second-order valence-corrected chi connectivity index (χ2v) is 12.0. The SMILES string of the molecule is CC(C)/C(=C(\c1ccc(OC(=O)C(C)(C)C)cc1)c1ccc(N2CCN(C(C)C)CC2)nc1)c1ccccc1. The van der Waals surface area contributed by atoms with Crippen LogP contribution in [0.25, 0.3) is 11.1 Å². The second-order valence-electron chi connectivity index (χ2n) is 12.0. The lowest BCUT2D eigenvalue weighted by Gasteiger charge is -2.37. The zero-order valence-electron chi connectivity index (χ0n) is 24.6. The maximum atomic E-state index is 12.4. The molecule has 1 fully saturated rings. The number of pyridine rings is 1. The van der Waals surface area contributed by atoms with Crippen LogP contribution in [0.5, 0.6) is 5.75 Å². The van der Waals surface area contributed by atoms with Gasteiger partial charge in [0.05, 0.1) is 5.41 Å². The first-order chi connectivity index (χ1) is 18.5. The van der Waals surface area contributed by atoms with Gasteiger partial charge in [-0.3, -0.25) is 9.69 Å². The molecule has 0 unspecified atom stereocenters. The Morgan fingerprint density at radius 2 is 1.41 bits per heavy atom. The van der Waals surface area contributed by atoms with Crippen LogP contribution in [0.15, 0.2) is 72.9 Å². The molecule has 2 aromatic carbocycles. The minimum Gasteiger partial charge on any atom is -0.426 e. The van der Waals surface area contributed by atoms with Crippen molar-refractivity contribution in [2.24, 2.45) is 11.3 Å². The number of allylic oxidation sites excluding steroid dienone is 1. The van der Waals surface area contributed by atoms with Crippen LogP contribution in [0, 0.1) is 11.3 Å². The Morgan fingerprint density at radius 3 is 1.92 bits per heavy atom. The summed E-state index contributed by atoms with van der Waals surface area (Å²) >= 11 is 0. The largest absolute Gasteiger partial charge is 0.426 e. The molecule has 0 atom stereocenters. The summed E-state index contributed by atoms with van der Waals surface area (Å²) in [7, 11) is 0. The summed E-state index contributed by atoms with van der Waals surface area (Å²) in [6, 6.07) is 23.4. The predicted molar refractivity (Wildman–Crippen MR) is 162 cm³/mol. The lowest BCUT2D eigenvalue weighted by Crippen LogP contribution is -2.49. The number of hydrogen-bond donors (Lipinski definition) is 0. The van der Waals surface area contributed by atoms with Gasteiger partial charge in [0.1, 0.15) is 11.6 Å². The van der Waals surface area contributed by atoms with Crippen LogP contribution in [-0.4, -0.2) is 48.1 Å². The van der Waals surface area contributed by atoms with Gasteiger partial charge in [0.15, 0.2) is 0 Å². The molecule has 206 valence electrons. The van der Waals surface area contributed by atoms with Crippen molar-refractivity contribution in [1.29, 1.82) is 0 Å². The Labute approximate surface area is 234 Å². The third-order valence-corrected chi connectivity index (χ3v) is 7.30. The number of carbonyl (C=O) groups is 1. The molecule has 1 aromatic heterocycles. The number of aromatic nitrogens is 1. The molecule has 5 nitrogen and oxygen atoms in total. The summed E-state index contributed by atoms with van der Waals surface area (Å²) in [5, 5.41) is 0. The number of hydrogen-bond acceptors (Lipinski definition) is 5. The van der Waals surface area contributed by atoms with Crippen molar-refractivity contribution in [3.05, 3.63) is 89.6 Å². The maximum absolute atomic E-state index is 12.4. The Bertz CT molecular complexity index is 1260. The molecule has 3 aromatic rings. The maximum Gasteiger partial charge on any atom is 0.316 e. The lowest BCUT2D eigenvalue weighted by atomic mass is 9.84. The highest BCUT2D eigenvalue weighted by Gasteiger charge is 2.24. The van der Waals surface area contributed by atoms with Gasteiger partial charge in [-0.25, -0.2) is 4.98 Å². The van der Waals surface area contributed by atoms with Crippen molar-refractivity contribution in [3.8, 4) is 5.75 Å². The zero-order valence-corrected chi connectivity index (χ0v) is 24.6. The van der Waals surface area contributed by atoms with E-state index >= 15 is 0 Å². The van der Waals surface area contributed by atoms with Gasteiger partial charge in [0, 0.05) is 44.0 Å². The van der Waals surface area contributed by atoms with Crippen LogP contribution in [-0.2, 0) is 4.79 Å². The van der Waals surface area contributed by atoms with Crippen molar-refractivity contribution in [2.45, 2.75) is 54.5 Å². The van der Waals surface area contributed by atoms with Gasteiger partial charge in [-0.05, 0) is 87.1 Å². The van der Waals surface area contributed by atoms with E-state index in [0.717, 1.165) is 48.7 Å². The van der Waals surface area contributed by atoms with Gasteiger partial charge in [0.2, 0.25) is 0 Å². The fourth-order valence-electron chi connectivity index (χ4n) is 5.00. The Morgan fingerprint density at radius 1 is 0.795 bits per heavy atom. The Hall–Kier alpha value is -3.44. The van der Waals surface area contributed by atoms with Gasteiger partial charge in [-0.15, -0.1) is 0 Å². The highest BCUT2D eigenvalue weighted by atomic mass is 16.5. The standard InChI is InChI=1S/C34H43N3O2/c1-24(2)31(26-11-9-8-10-12-26)32(27-13-16-29(17-14-27)39-33(38)34(5,6)7)28-15-18-30(35-23-28)37-21-19-36(20-22-37)25(3)4/h8-18,23-25H,19-22H2,1-7H3/b32-31-. The first kappa shape index (κ1) is 28.6. The van der Waals surface area contributed by atoms with E-state index in [1.165, 1.54) is 11.1 Å². The molecule has 0 saturated carbocycles. The van der Waals surface area contributed by atoms with E-state index < -0.39 is 5.41 Å². The number of benzene rings is 2. The fourth-order valence-corrected chi connectivity index (χ4v) is 5.00. The van der Waals surface area contributed by atoms with Crippen LogP contribution < -0.4 is 9.64 Å². The molecule has 1 saturated heterocycles. The van der Waals surface area contributed by atoms with Crippen LogP contribution in [0.2, 0.25) is 0 Å². The van der Waals surface area contributed by atoms with Crippen LogP contribution in [0.1, 0.15) is 65.2 Å². The van der Waals surface area contributed by atoms with E-state index in [-0.39, 0.29) is 11.9 Å². The van der Waals surface area contributed by atoms with Crippen molar-refractivity contribution in [3.63, 3.8) is 0 Å². The fraction of sp³-hybridized carbons (Fsp3) is 0.412. The van der Waals surface area contributed by atoms with E-state index in [9.17, 15) is 4.79 Å². The van der Waals surface area contributed by atoms with E-state index in [4.69, 9.17) is 9.72 Å². The first-order valence-corrected chi connectivity index (χ1v) is 14.1. The summed E-state index contributed by atoms with van der Waals surface area (Å²) in [6.07, 6.45) is 2.01. The minimum atomic E-state index is -0.559. The summed E-state index contributed by atoms with van der Waals surface area (Å²) in [6.45, 7) is 18.7. The average molecular weight is 526 g/mol. The molecular formula is C34H43N3O2. The van der Waals surface area contributed by atoms with Gasteiger partial charge in [-0.1, -0.05) is 56.3 Å². The van der Waals surface area contributed by atoms with Crippen LogP contribution in [0.4, 0.5) is 5.82 Å². The molecule has 1 aliphatic rings. The molecule has 2 heterocycles. The van der Waals surface area contributed by atoms with Crippen molar-refractivity contribution < 1.29 is 9.53 Å². The second kappa shape index (κ2) is 12.2. The van der Waals surface area contributed by atoms with E-state index in [1.807, 2.05) is 51.2 Å². The van der Waals surface area contributed by atoms with Crippen molar-refractivity contribution in [2.75, 3.05) is 31.1 Å². The molecule has 5 heteroatoms. The first-order valence-electron chi connectivity index (χ1n) is 14.1. The molecule has 4 rings (SSSR count). The van der Waals surface area contributed by atoms with Gasteiger partial charge < -0.3 is 9.64 Å². The summed E-state index contributed by atoms with van der Waals surface area (Å²) in [5.41, 5.74) is 5.18. The Balaban J connectivity index is 1.71. The highest BCUT2D eigenvalue weighted by Crippen LogP contribution is 2.37. The molecule has 1 aliphatic heterocycles. The normalized spacial score (nSPS) is 15.5. The number of nitrogens with zero attached hydrogens (tertiary/aromatic N) is 3. The molecule has 0 radical (unpaired) electrons. The van der Waals surface area contributed by atoms with E-state index in [0.29, 0.717) is 11.8 Å². The summed E-state index contributed by atoms with van der Waals surface area (Å²) < 4.78 is 5.64. The lowest BCUT2D eigenvalue weighted by molar-refractivity contribution is -0.142. The van der Waals surface area contributed by atoms with E-state index in [1.54, 1.807) is 0 Å².